The molecule has 24 heavy (non-hydrogen) atoms. The summed E-state index contributed by atoms with van der Waals surface area (Å²) in [6.07, 6.45) is 3.99. The smallest absolute Gasteiger partial charge is 0.141 e. The predicted molar refractivity (Wildman–Crippen MR) is 101 cm³/mol. The average Bonchev–Trinajstić information content (AvgIpc) is 3.08. The first-order chi connectivity index (χ1) is 11.6. The molecule has 1 aromatic carbocycles. The second-order valence-electron chi connectivity index (χ2n) is 4.83. The third kappa shape index (κ3) is 3.41. The normalized spacial score (nSPS) is 13.0. The SMILES string of the molecule is C=C/C(F)=C(Cl)\C=C(/Cl)c1ncccc1-c1ccc2ncsc2c1. The van der Waals surface area contributed by atoms with Crippen LogP contribution in [0.4, 0.5) is 4.39 Å². The molecule has 2 heterocycles. The monoisotopic (exact) mass is 376 g/mol. The van der Waals surface area contributed by atoms with Crippen LogP contribution in [0.5, 0.6) is 0 Å². The molecule has 6 heteroatoms. The molecule has 3 rings (SSSR count). The van der Waals surface area contributed by atoms with Crippen molar-refractivity contribution in [1.82, 2.24) is 9.97 Å². The molecular weight excluding hydrogens is 366 g/mol. The molecule has 0 aliphatic heterocycles. The van der Waals surface area contributed by atoms with Gasteiger partial charge in [-0.3, -0.25) is 4.98 Å². The zero-order chi connectivity index (χ0) is 17.1. The summed E-state index contributed by atoms with van der Waals surface area (Å²) in [7, 11) is 0. The number of allylic oxidation sites excluding steroid dienone is 4. The van der Waals surface area contributed by atoms with Gasteiger partial charge in [-0.25, -0.2) is 9.37 Å². The van der Waals surface area contributed by atoms with Gasteiger partial charge in [-0.1, -0.05) is 41.9 Å². The van der Waals surface area contributed by atoms with E-state index in [-0.39, 0.29) is 10.1 Å². The molecule has 0 saturated heterocycles. The van der Waals surface area contributed by atoms with Crippen molar-refractivity contribution >= 4 is 49.8 Å². The lowest BCUT2D eigenvalue weighted by atomic mass is 10.0. The highest BCUT2D eigenvalue weighted by atomic mass is 35.5. The third-order valence-corrected chi connectivity index (χ3v) is 4.71. The summed E-state index contributed by atoms with van der Waals surface area (Å²) < 4.78 is 14.5. The number of fused-ring (bicyclic) bond motifs is 1. The van der Waals surface area contributed by atoms with Crippen LogP contribution in [-0.2, 0) is 0 Å². The second kappa shape index (κ2) is 7.26. The molecule has 120 valence electrons. The summed E-state index contributed by atoms with van der Waals surface area (Å²) in [4.78, 5) is 8.59. The summed E-state index contributed by atoms with van der Waals surface area (Å²) in [5, 5.41) is 0.126. The lowest BCUT2D eigenvalue weighted by Crippen LogP contribution is -1.90. The first kappa shape index (κ1) is 16.8. The molecule has 0 unspecified atom stereocenters. The molecule has 0 atom stereocenters. The van der Waals surface area contributed by atoms with E-state index in [4.69, 9.17) is 23.2 Å². The van der Waals surface area contributed by atoms with Gasteiger partial charge in [0.05, 0.1) is 31.5 Å². The van der Waals surface area contributed by atoms with Crippen LogP contribution < -0.4 is 0 Å². The summed E-state index contributed by atoms with van der Waals surface area (Å²) in [5.74, 6) is -0.640. The van der Waals surface area contributed by atoms with Crippen molar-refractivity contribution in [3.8, 4) is 11.1 Å². The summed E-state index contributed by atoms with van der Waals surface area (Å²) in [5.41, 5.74) is 5.05. The number of hydrogen-bond donors (Lipinski definition) is 0. The van der Waals surface area contributed by atoms with Gasteiger partial charge in [0.1, 0.15) is 5.83 Å². The minimum absolute atomic E-state index is 0.121. The van der Waals surface area contributed by atoms with Crippen LogP contribution in [0, 0.1) is 0 Å². The predicted octanol–water partition coefficient (Wildman–Crippen LogP) is 6.54. The Morgan fingerprint density at radius 2 is 2.04 bits per heavy atom. The lowest BCUT2D eigenvalue weighted by molar-refractivity contribution is 0.665. The van der Waals surface area contributed by atoms with Crippen molar-refractivity contribution in [3.63, 3.8) is 0 Å². The van der Waals surface area contributed by atoms with Gasteiger partial charge in [-0.2, -0.15) is 0 Å². The Hall–Kier alpha value is -2.01. The molecule has 0 aliphatic carbocycles. The van der Waals surface area contributed by atoms with Crippen molar-refractivity contribution in [1.29, 1.82) is 0 Å². The van der Waals surface area contributed by atoms with E-state index in [0.29, 0.717) is 5.69 Å². The fraction of sp³-hybridized carbons (Fsp3) is 0. The van der Waals surface area contributed by atoms with Gasteiger partial charge in [0.15, 0.2) is 0 Å². The first-order valence-corrected chi connectivity index (χ1v) is 8.57. The van der Waals surface area contributed by atoms with Crippen molar-refractivity contribution in [2.45, 2.75) is 0 Å². The number of aromatic nitrogens is 2. The van der Waals surface area contributed by atoms with Gasteiger partial charge in [0.2, 0.25) is 0 Å². The molecule has 0 spiro atoms. The third-order valence-electron chi connectivity index (χ3n) is 3.34. The number of hydrogen-bond acceptors (Lipinski definition) is 3. The zero-order valence-corrected chi connectivity index (χ0v) is 14.7. The average molecular weight is 377 g/mol. The van der Waals surface area contributed by atoms with Gasteiger partial charge in [-0.15, -0.1) is 11.3 Å². The Bertz CT molecular complexity index is 976. The summed E-state index contributed by atoms with van der Waals surface area (Å²) in [6, 6.07) is 9.65. The zero-order valence-electron chi connectivity index (χ0n) is 12.3. The van der Waals surface area contributed by atoms with Crippen LogP contribution in [0.2, 0.25) is 0 Å². The second-order valence-corrected chi connectivity index (χ2v) is 6.53. The summed E-state index contributed by atoms with van der Waals surface area (Å²) >= 11 is 13.8. The van der Waals surface area contributed by atoms with E-state index >= 15 is 0 Å². The molecule has 0 fully saturated rings. The topological polar surface area (TPSA) is 25.8 Å². The number of thiazole rings is 1. The standard InChI is InChI=1S/C18H11Cl2FN2S/c1-2-15(21)13(19)9-14(20)18-12(4-3-7-22-18)11-5-6-16-17(8-11)24-10-23-16/h2-10H,1H2/b14-9-,15-13-. The van der Waals surface area contributed by atoms with Crippen LogP contribution in [0.3, 0.4) is 0 Å². The van der Waals surface area contributed by atoms with Crippen LogP contribution in [0.25, 0.3) is 26.4 Å². The molecule has 2 aromatic heterocycles. The van der Waals surface area contributed by atoms with Crippen molar-refractivity contribution in [3.05, 3.63) is 77.3 Å². The minimum atomic E-state index is -0.640. The Kier molecular flexibility index (Phi) is 5.09. The van der Waals surface area contributed by atoms with Crippen LogP contribution >= 0.6 is 34.5 Å². The van der Waals surface area contributed by atoms with E-state index in [1.165, 1.54) is 6.08 Å². The number of benzene rings is 1. The first-order valence-electron chi connectivity index (χ1n) is 6.94. The quantitative estimate of drug-likeness (QED) is 0.482. The molecule has 3 aromatic rings. The maximum atomic E-state index is 13.5. The van der Waals surface area contributed by atoms with Gasteiger partial charge in [0, 0.05) is 11.8 Å². The lowest BCUT2D eigenvalue weighted by Gasteiger charge is -2.08. The maximum absolute atomic E-state index is 13.5. The van der Waals surface area contributed by atoms with Gasteiger partial charge < -0.3 is 0 Å². The Labute approximate surface area is 152 Å². The van der Waals surface area contributed by atoms with E-state index in [0.717, 1.165) is 27.4 Å². The van der Waals surface area contributed by atoms with Crippen molar-refractivity contribution in [2.75, 3.05) is 0 Å². The van der Waals surface area contributed by atoms with Gasteiger partial charge >= 0.3 is 0 Å². The molecule has 0 N–H and O–H groups in total. The highest BCUT2D eigenvalue weighted by Crippen LogP contribution is 2.33. The molecule has 0 aliphatic rings. The number of nitrogens with zero attached hydrogens (tertiary/aromatic N) is 2. The van der Waals surface area contributed by atoms with Crippen LogP contribution in [0.1, 0.15) is 5.69 Å². The van der Waals surface area contributed by atoms with Crippen LogP contribution in [-0.4, -0.2) is 9.97 Å². The highest BCUT2D eigenvalue weighted by Gasteiger charge is 2.11. The summed E-state index contributed by atoms with van der Waals surface area (Å²) in [6.45, 7) is 3.34. The fourth-order valence-electron chi connectivity index (χ4n) is 2.20. The van der Waals surface area contributed by atoms with E-state index in [1.54, 1.807) is 23.0 Å². The van der Waals surface area contributed by atoms with E-state index < -0.39 is 5.83 Å². The van der Waals surface area contributed by atoms with E-state index in [1.807, 2.05) is 30.3 Å². The molecule has 0 radical (unpaired) electrons. The van der Waals surface area contributed by atoms with Crippen LogP contribution in [0.15, 0.2) is 71.6 Å². The van der Waals surface area contributed by atoms with E-state index in [2.05, 4.69) is 16.5 Å². The van der Waals surface area contributed by atoms with Gasteiger partial charge in [0.25, 0.3) is 0 Å². The molecule has 0 saturated carbocycles. The minimum Gasteiger partial charge on any atom is -0.255 e. The highest BCUT2D eigenvalue weighted by molar-refractivity contribution is 7.16. The Morgan fingerprint density at radius 3 is 2.83 bits per heavy atom. The Balaban J connectivity index is 2.11. The fourth-order valence-corrected chi connectivity index (χ4v) is 3.42. The number of rotatable bonds is 4. The van der Waals surface area contributed by atoms with E-state index in [9.17, 15) is 4.39 Å². The molecule has 0 amide bonds. The Morgan fingerprint density at radius 1 is 1.21 bits per heavy atom. The van der Waals surface area contributed by atoms with Crippen molar-refractivity contribution < 1.29 is 4.39 Å². The van der Waals surface area contributed by atoms with Gasteiger partial charge in [-0.05, 0) is 35.9 Å². The molecule has 2 nitrogen and oxygen atoms in total. The largest absolute Gasteiger partial charge is 0.255 e. The van der Waals surface area contributed by atoms with Crippen molar-refractivity contribution in [2.24, 2.45) is 0 Å². The molecule has 0 bridgehead atoms. The number of halogens is 3. The molecular formula is C18H11Cl2FN2S. The number of pyridine rings is 1. The maximum Gasteiger partial charge on any atom is 0.141 e.